The van der Waals surface area contributed by atoms with Crippen molar-refractivity contribution in [3.05, 3.63) is 59.5 Å². The molecule has 0 spiro atoms. The lowest BCUT2D eigenvalue weighted by Crippen LogP contribution is -2.40. The lowest BCUT2D eigenvalue weighted by Gasteiger charge is -2.26. The Labute approximate surface area is 201 Å². The van der Waals surface area contributed by atoms with Gasteiger partial charge in [-0.2, -0.15) is 5.10 Å². The molecule has 1 aliphatic heterocycles. The van der Waals surface area contributed by atoms with Crippen LogP contribution >= 0.6 is 22.9 Å². The monoisotopic (exact) mass is 480 g/mol. The predicted molar refractivity (Wildman–Crippen MR) is 134 cm³/mol. The van der Waals surface area contributed by atoms with Gasteiger partial charge in [0.05, 0.1) is 29.3 Å². The summed E-state index contributed by atoms with van der Waals surface area (Å²) in [6, 6.07) is 7.87. The molecule has 1 saturated heterocycles. The van der Waals surface area contributed by atoms with Crippen molar-refractivity contribution in [1.82, 2.24) is 30.4 Å². The van der Waals surface area contributed by atoms with E-state index in [0.717, 1.165) is 88.4 Å². The molecule has 3 aromatic heterocycles. The molecule has 0 amide bonds. The second-order valence-corrected chi connectivity index (χ2v) is 9.37. The van der Waals surface area contributed by atoms with Crippen LogP contribution in [0.25, 0.3) is 37.7 Å². The molecular formula is C24H25ClN6OS. The molecule has 0 saturated carbocycles. The van der Waals surface area contributed by atoms with Gasteiger partial charge in [0.15, 0.2) is 0 Å². The van der Waals surface area contributed by atoms with Gasteiger partial charge < -0.3 is 10.1 Å². The zero-order valence-corrected chi connectivity index (χ0v) is 20.0. The maximum atomic E-state index is 6.29. The number of morpholine rings is 1. The van der Waals surface area contributed by atoms with E-state index in [1.54, 1.807) is 17.5 Å². The molecule has 0 atom stereocenters. The Morgan fingerprint density at radius 3 is 2.94 bits per heavy atom. The first-order chi connectivity index (χ1) is 16.1. The number of aryl methyl sites for hydroxylation is 1. The van der Waals surface area contributed by atoms with Gasteiger partial charge in [0.25, 0.3) is 0 Å². The fraction of sp³-hybridized carbons (Fsp3) is 0.292. The minimum atomic E-state index is 0.703. The topological polar surface area (TPSA) is 79.0 Å². The Balaban J connectivity index is 1.46. The highest BCUT2D eigenvalue weighted by Crippen LogP contribution is 2.39. The smallest absolute Gasteiger partial charge is 0.143 e. The fourth-order valence-electron chi connectivity index (χ4n) is 3.95. The molecule has 1 aliphatic rings. The summed E-state index contributed by atoms with van der Waals surface area (Å²) < 4.78 is 5.43. The maximum absolute atomic E-state index is 6.29. The number of hydrogen-bond acceptors (Lipinski definition) is 7. The normalized spacial score (nSPS) is 14.6. The van der Waals surface area contributed by atoms with Crippen molar-refractivity contribution in [2.45, 2.75) is 6.92 Å². The number of H-pyrrole nitrogens is 1. The number of benzene rings is 1. The molecule has 0 radical (unpaired) electrons. The molecule has 1 aromatic carbocycles. The third-order valence-electron chi connectivity index (χ3n) is 5.83. The number of aromatic amines is 1. The van der Waals surface area contributed by atoms with Crippen molar-refractivity contribution < 1.29 is 4.74 Å². The Kier molecular flexibility index (Phi) is 6.41. The predicted octanol–water partition coefficient (Wildman–Crippen LogP) is 4.60. The third-order valence-corrected chi connectivity index (χ3v) is 7.37. The van der Waals surface area contributed by atoms with Gasteiger partial charge in [0.2, 0.25) is 0 Å². The first kappa shape index (κ1) is 22.0. The summed E-state index contributed by atoms with van der Waals surface area (Å²) in [5, 5.41) is 13.7. The van der Waals surface area contributed by atoms with Gasteiger partial charge in [-0.25, -0.2) is 4.98 Å². The van der Waals surface area contributed by atoms with Crippen LogP contribution in [0, 0.1) is 6.92 Å². The average Bonchev–Trinajstić information content (AvgIpc) is 3.48. The number of halogens is 1. The van der Waals surface area contributed by atoms with Crippen molar-refractivity contribution in [3.63, 3.8) is 0 Å². The van der Waals surface area contributed by atoms with E-state index in [-0.39, 0.29) is 0 Å². The number of pyridine rings is 1. The summed E-state index contributed by atoms with van der Waals surface area (Å²) in [6.45, 7) is 11.5. The molecule has 33 heavy (non-hydrogen) atoms. The van der Waals surface area contributed by atoms with Gasteiger partial charge >= 0.3 is 0 Å². The van der Waals surface area contributed by atoms with E-state index < -0.39 is 0 Å². The van der Waals surface area contributed by atoms with E-state index in [2.05, 4.69) is 32.0 Å². The number of aromatic nitrogens is 4. The van der Waals surface area contributed by atoms with Crippen LogP contribution in [-0.4, -0.2) is 64.5 Å². The highest BCUT2D eigenvalue weighted by Gasteiger charge is 2.20. The number of hydrogen-bond donors (Lipinski definition) is 2. The van der Waals surface area contributed by atoms with E-state index in [1.807, 2.05) is 37.4 Å². The number of fused-ring (bicyclic) bond motifs is 1. The van der Waals surface area contributed by atoms with Crippen LogP contribution in [0.4, 0.5) is 0 Å². The summed E-state index contributed by atoms with van der Waals surface area (Å²) >= 11 is 7.90. The maximum Gasteiger partial charge on any atom is 0.143 e. The molecule has 0 bridgehead atoms. The molecule has 0 unspecified atom stereocenters. The summed E-state index contributed by atoms with van der Waals surface area (Å²) in [5.41, 5.74) is 5.34. The van der Waals surface area contributed by atoms with Crippen LogP contribution in [0.2, 0.25) is 5.02 Å². The van der Waals surface area contributed by atoms with E-state index in [4.69, 9.17) is 21.3 Å². The van der Waals surface area contributed by atoms with Gasteiger partial charge in [-0.3, -0.25) is 15.0 Å². The van der Waals surface area contributed by atoms with E-state index in [0.29, 0.717) is 5.02 Å². The third kappa shape index (κ3) is 4.52. The first-order valence-corrected chi connectivity index (χ1v) is 12.1. The molecule has 170 valence electrons. The number of thiazole rings is 1. The zero-order chi connectivity index (χ0) is 22.8. The minimum absolute atomic E-state index is 0.703. The number of ether oxygens (including phenoxy) is 1. The van der Waals surface area contributed by atoms with E-state index in [1.165, 1.54) is 0 Å². The molecule has 1 fully saturated rings. The second-order valence-electron chi connectivity index (χ2n) is 7.96. The second kappa shape index (κ2) is 9.61. The van der Waals surface area contributed by atoms with Crippen LogP contribution < -0.4 is 5.32 Å². The fourth-order valence-corrected chi connectivity index (χ4v) is 5.20. The summed E-state index contributed by atoms with van der Waals surface area (Å²) in [4.78, 5) is 12.7. The van der Waals surface area contributed by atoms with E-state index in [9.17, 15) is 0 Å². The van der Waals surface area contributed by atoms with Gasteiger partial charge in [-0.15, -0.1) is 11.3 Å². The molecular weight excluding hydrogens is 456 g/mol. The summed E-state index contributed by atoms with van der Waals surface area (Å²) in [6.07, 6.45) is 3.63. The van der Waals surface area contributed by atoms with Crippen molar-refractivity contribution in [2.75, 3.05) is 39.4 Å². The van der Waals surface area contributed by atoms with Gasteiger partial charge in [0.1, 0.15) is 16.4 Å². The van der Waals surface area contributed by atoms with E-state index >= 15 is 0 Å². The SMILES string of the molecule is C=C(NCCN1CCOCC1)c1nc(-c2[nH]nc3c(C)c(Cl)ccc23)sc1-c1cccnc1. The highest BCUT2D eigenvalue weighted by atomic mass is 35.5. The Morgan fingerprint density at radius 2 is 2.15 bits per heavy atom. The molecule has 7 nitrogen and oxygen atoms in total. The van der Waals surface area contributed by atoms with Crippen LogP contribution in [0.15, 0.2) is 43.2 Å². The van der Waals surface area contributed by atoms with Gasteiger partial charge in [-0.05, 0) is 30.7 Å². The Bertz CT molecular complexity index is 1280. The molecule has 2 N–H and O–H groups in total. The quantitative estimate of drug-likeness (QED) is 0.402. The van der Waals surface area contributed by atoms with Crippen molar-refractivity contribution in [3.8, 4) is 21.1 Å². The zero-order valence-electron chi connectivity index (χ0n) is 18.4. The standard InChI is InChI=1S/C24H25ClN6OS/c1-15-19(25)6-5-18-20(15)29-30-22(18)24-28-21(23(33-24)17-4-3-7-26-14-17)16(2)27-8-9-31-10-12-32-13-11-31/h3-7,14,27H,2,8-13H2,1H3,(H,29,30). The van der Waals surface area contributed by atoms with Crippen LogP contribution in [0.3, 0.4) is 0 Å². The lowest BCUT2D eigenvalue weighted by molar-refractivity contribution is 0.0388. The van der Waals surface area contributed by atoms with Gasteiger partial charge in [-0.1, -0.05) is 24.2 Å². The number of nitrogens with one attached hydrogen (secondary N) is 2. The lowest BCUT2D eigenvalue weighted by atomic mass is 10.1. The molecule has 5 rings (SSSR count). The van der Waals surface area contributed by atoms with Crippen molar-refractivity contribution in [2.24, 2.45) is 0 Å². The number of nitrogens with zero attached hydrogens (tertiary/aromatic N) is 4. The van der Waals surface area contributed by atoms with Crippen molar-refractivity contribution >= 4 is 39.5 Å². The van der Waals surface area contributed by atoms with Gasteiger partial charge in [0, 0.05) is 54.5 Å². The molecule has 9 heteroatoms. The highest BCUT2D eigenvalue weighted by molar-refractivity contribution is 7.18. The molecule has 4 aromatic rings. The first-order valence-electron chi connectivity index (χ1n) is 10.9. The number of rotatable bonds is 7. The van der Waals surface area contributed by atoms with Crippen LogP contribution in [-0.2, 0) is 4.74 Å². The van der Waals surface area contributed by atoms with Crippen molar-refractivity contribution in [1.29, 1.82) is 0 Å². The van der Waals surface area contributed by atoms with Crippen LogP contribution in [0.5, 0.6) is 0 Å². The summed E-state index contributed by atoms with van der Waals surface area (Å²) in [7, 11) is 0. The average molecular weight is 481 g/mol. The minimum Gasteiger partial charge on any atom is -0.382 e. The summed E-state index contributed by atoms with van der Waals surface area (Å²) in [5.74, 6) is 0. The Hall–Kier alpha value is -2.78. The molecule has 0 aliphatic carbocycles. The van der Waals surface area contributed by atoms with Crippen LogP contribution in [0.1, 0.15) is 11.3 Å². The Morgan fingerprint density at radius 1 is 1.30 bits per heavy atom. The largest absolute Gasteiger partial charge is 0.382 e. The molecule has 4 heterocycles.